The molecular weight excluding hydrogens is 460 g/mol. The van der Waals surface area contributed by atoms with E-state index in [0.29, 0.717) is 5.92 Å². The van der Waals surface area contributed by atoms with Crippen molar-refractivity contribution in [1.82, 2.24) is 15.2 Å². The van der Waals surface area contributed by atoms with Crippen molar-refractivity contribution in [3.05, 3.63) is 96.3 Å². The first-order valence-electron chi connectivity index (χ1n) is 13.1. The number of hydrogen-bond donors (Lipinski definition) is 2. The van der Waals surface area contributed by atoms with Crippen LogP contribution in [0.1, 0.15) is 17.7 Å². The quantitative estimate of drug-likeness (QED) is 0.358. The molecule has 0 bridgehead atoms. The predicted octanol–water partition coefficient (Wildman–Crippen LogP) is 5.49. The average molecular weight is 493 g/mol. The molecule has 1 aliphatic carbocycles. The Labute approximate surface area is 217 Å². The molecule has 0 spiro atoms. The van der Waals surface area contributed by atoms with E-state index in [1.54, 1.807) is 0 Å². The normalized spacial score (nSPS) is 19.5. The van der Waals surface area contributed by atoms with Crippen molar-refractivity contribution in [2.75, 3.05) is 31.6 Å². The van der Waals surface area contributed by atoms with E-state index < -0.39 is 0 Å². The second-order valence-corrected chi connectivity index (χ2v) is 10.0. The Kier molecular flexibility index (Phi) is 6.84. The van der Waals surface area contributed by atoms with Crippen LogP contribution in [0.2, 0.25) is 0 Å². The van der Waals surface area contributed by atoms with E-state index in [-0.39, 0.29) is 12.1 Å². The van der Waals surface area contributed by atoms with Gasteiger partial charge in [-0.15, -0.1) is 0 Å². The average Bonchev–Trinajstić information content (AvgIpc) is 3.67. The van der Waals surface area contributed by atoms with Crippen molar-refractivity contribution in [3.63, 3.8) is 0 Å². The van der Waals surface area contributed by atoms with Gasteiger partial charge in [-0.1, -0.05) is 66.7 Å². The van der Waals surface area contributed by atoms with Gasteiger partial charge in [-0.25, -0.2) is 4.79 Å². The van der Waals surface area contributed by atoms with E-state index in [4.69, 9.17) is 9.72 Å². The van der Waals surface area contributed by atoms with Gasteiger partial charge < -0.3 is 15.4 Å². The molecule has 2 fully saturated rings. The maximum Gasteiger partial charge on any atom is 0.319 e. The Morgan fingerprint density at radius 3 is 2.49 bits per heavy atom. The lowest BCUT2D eigenvalue weighted by Crippen LogP contribution is -2.35. The summed E-state index contributed by atoms with van der Waals surface area (Å²) in [6.07, 6.45) is 3.98. The summed E-state index contributed by atoms with van der Waals surface area (Å²) in [6, 6.07) is 27.1. The third kappa shape index (κ3) is 5.66. The van der Waals surface area contributed by atoms with Crippen molar-refractivity contribution in [1.29, 1.82) is 0 Å². The first-order chi connectivity index (χ1) is 18.2. The number of ether oxygens (including phenoxy) is 1. The molecule has 2 unspecified atom stereocenters. The largest absolute Gasteiger partial charge is 0.379 e. The highest BCUT2D eigenvalue weighted by Crippen LogP contribution is 2.35. The van der Waals surface area contributed by atoms with Crippen LogP contribution in [0.4, 0.5) is 10.5 Å². The molecule has 2 atom stereocenters. The zero-order valence-electron chi connectivity index (χ0n) is 20.9. The summed E-state index contributed by atoms with van der Waals surface area (Å²) in [5, 5.41) is 8.36. The highest BCUT2D eigenvalue weighted by molar-refractivity contribution is 6.07. The van der Waals surface area contributed by atoms with Gasteiger partial charge in [0.1, 0.15) is 0 Å². The smallest absolute Gasteiger partial charge is 0.319 e. The number of amides is 2. The number of fused-ring (bicyclic) bond motifs is 1. The fourth-order valence-corrected chi connectivity index (χ4v) is 5.22. The number of carbonyl (C=O) groups is 1. The van der Waals surface area contributed by atoms with Crippen LogP contribution in [0.3, 0.4) is 0 Å². The van der Waals surface area contributed by atoms with Crippen LogP contribution in [-0.4, -0.2) is 48.3 Å². The third-order valence-electron chi connectivity index (χ3n) is 7.38. The van der Waals surface area contributed by atoms with Crippen molar-refractivity contribution in [3.8, 4) is 11.1 Å². The van der Waals surface area contributed by atoms with Gasteiger partial charge >= 0.3 is 6.03 Å². The summed E-state index contributed by atoms with van der Waals surface area (Å²) in [6.45, 7) is 4.32. The van der Waals surface area contributed by atoms with E-state index in [9.17, 15) is 4.79 Å². The van der Waals surface area contributed by atoms with Crippen LogP contribution in [0.5, 0.6) is 0 Å². The number of urea groups is 1. The lowest BCUT2D eigenvalue weighted by molar-refractivity contribution is 0.0336. The van der Waals surface area contributed by atoms with E-state index in [0.717, 1.165) is 79.0 Å². The number of pyridine rings is 1. The maximum atomic E-state index is 12.8. The lowest BCUT2D eigenvalue weighted by atomic mass is 9.98. The molecule has 2 aliphatic rings. The molecule has 1 saturated heterocycles. The van der Waals surface area contributed by atoms with Crippen molar-refractivity contribution < 1.29 is 9.53 Å². The predicted molar refractivity (Wildman–Crippen MR) is 147 cm³/mol. The summed E-state index contributed by atoms with van der Waals surface area (Å²) in [5.41, 5.74) is 5.38. The second-order valence-electron chi connectivity index (χ2n) is 10.0. The van der Waals surface area contributed by atoms with Crippen LogP contribution in [0, 0.1) is 5.92 Å². The summed E-state index contributed by atoms with van der Waals surface area (Å²) >= 11 is 0. The first-order valence-corrected chi connectivity index (χ1v) is 13.1. The molecule has 1 saturated carbocycles. The Balaban J connectivity index is 1.13. The number of rotatable bonds is 7. The molecule has 2 amide bonds. The van der Waals surface area contributed by atoms with Gasteiger partial charge in [0.15, 0.2) is 0 Å². The maximum absolute atomic E-state index is 12.8. The highest BCUT2D eigenvalue weighted by atomic mass is 16.5. The standard InChI is InChI=1S/C31H32N4O2/c36-31(34-30-19-24(30)18-22-6-2-1-3-7-22)33-29-13-12-26(27-8-4-5-9-28(27)29)23-10-11-25(32-20-23)21-35-14-16-37-17-15-35/h1-13,20,24,30H,14-19,21H2,(H2,33,34,36). The summed E-state index contributed by atoms with van der Waals surface area (Å²) in [4.78, 5) is 19.9. The topological polar surface area (TPSA) is 66.5 Å². The molecule has 1 aromatic heterocycles. The monoisotopic (exact) mass is 492 g/mol. The number of anilines is 1. The molecule has 1 aliphatic heterocycles. The van der Waals surface area contributed by atoms with E-state index in [1.165, 1.54) is 5.56 Å². The van der Waals surface area contributed by atoms with Gasteiger partial charge in [-0.2, -0.15) is 0 Å². The molecule has 3 aromatic carbocycles. The Morgan fingerprint density at radius 2 is 1.70 bits per heavy atom. The minimum Gasteiger partial charge on any atom is -0.379 e. The Hall–Kier alpha value is -3.74. The van der Waals surface area contributed by atoms with Gasteiger partial charge in [0, 0.05) is 42.8 Å². The van der Waals surface area contributed by atoms with Gasteiger partial charge in [0.05, 0.1) is 24.6 Å². The molecular formula is C31H32N4O2. The van der Waals surface area contributed by atoms with Gasteiger partial charge in [-0.05, 0) is 47.4 Å². The number of hydrogen-bond acceptors (Lipinski definition) is 4. The SMILES string of the molecule is O=C(Nc1ccc(-c2ccc(CN3CCOCC3)nc2)c2ccccc12)NC1CC1Cc1ccccc1. The van der Waals surface area contributed by atoms with Gasteiger partial charge in [0.25, 0.3) is 0 Å². The van der Waals surface area contributed by atoms with Crippen LogP contribution in [-0.2, 0) is 17.7 Å². The zero-order valence-corrected chi connectivity index (χ0v) is 20.9. The van der Waals surface area contributed by atoms with Crippen LogP contribution in [0.15, 0.2) is 85.1 Å². The van der Waals surface area contributed by atoms with E-state index in [1.807, 2.05) is 30.5 Å². The number of morpholine rings is 1. The van der Waals surface area contributed by atoms with E-state index in [2.05, 4.69) is 70.1 Å². The molecule has 6 heteroatoms. The van der Waals surface area contributed by atoms with Crippen LogP contribution in [0.25, 0.3) is 21.9 Å². The minimum absolute atomic E-state index is 0.146. The highest BCUT2D eigenvalue weighted by Gasteiger charge is 2.38. The lowest BCUT2D eigenvalue weighted by Gasteiger charge is -2.26. The van der Waals surface area contributed by atoms with E-state index >= 15 is 0 Å². The molecule has 6 nitrogen and oxygen atoms in total. The van der Waals surface area contributed by atoms with Crippen LogP contribution >= 0.6 is 0 Å². The van der Waals surface area contributed by atoms with Crippen LogP contribution < -0.4 is 10.6 Å². The molecule has 6 rings (SSSR count). The summed E-state index contributed by atoms with van der Waals surface area (Å²) in [5.74, 6) is 0.506. The number of nitrogens with one attached hydrogen (secondary N) is 2. The molecule has 37 heavy (non-hydrogen) atoms. The third-order valence-corrected chi connectivity index (χ3v) is 7.38. The van der Waals surface area contributed by atoms with Gasteiger partial charge in [-0.3, -0.25) is 9.88 Å². The molecule has 188 valence electrons. The minimum atomic E-state index is -0.146. The summed E-state index contributed by atoms with van der Waals surface area (Å²) < 4.78 is 5.44. The second kappa shape index (κ2) is 10.7. The summed E-state index contributed by atoms with van der Waals surface area (Å²) in [7, 11) is 0. The molecule has 0 radical (unpaired) electrons. The Bertz CT molecular complexity index is 1370. The van der Waals surface area contributed by atoms with Crippen molar-refractivity contribution in [2.24, 2.45) is 5.92 Å². The molecule has 2 N–H and O–H groups in total. The molecule has 4 aromatic rings. The number of carbonyl (C=O) groups excluding carboxylic acids is 1. The molecule has 2 heterocycles. The number of aromatic nitrogens is 1. The number of nitrogens with zero attached hydrogens (tertiary/aromatic N) is 2. The first kappa shape index (κ1) is 23.6. The fraction of sp³-hybridized carbons (Fsp3) is 0.290. The fourth-order valence-electron chi connectivity index (χ4n) is 5.22. The number of benzene rings is 3. The zero-order chi connectivity index (χ0) is 25.0. The Morgan fingerprint density at radius 1 is 0.919 bits per heavy atom. The van der Waals surface area contributed by atoms with Gasteiger partial charge in [0.2, 0.25) is 0 Å². The van der Waals surface area contributed by atoms with Crippen molar-refractivity contribution in [2.45, 2.75) is 25.4 Å². The van der Waals surface area contributed by atoms with Crippen molar-refractivity contribution >= 4 is 22.5 Å².